The molecule has 1 aliphatic rings. The van der Waals surface area contributed by atoms with E-state index in [1.165, 1.54) is 20.2 Å². The van der Waals surface area contributed by atoms with E-state index in [-0.39, 0.29) is 18.5 Å². The van der Waals surface area contributed by atoms with Crippen molar-refractivity contribution in [3.8, 4) is 0 Å². The number of esters is 2. The molecule has 2 rings (SSSR count). The Balaban J connectivity index is 2.28. The summed E-state index contributed by atoms with van der Waals surface area (Å²) in [5.41, 5.74) is 4.68. The van der Waals surface area contributed by atoms with Gasteiger partial charge in [-0.2, -0.15) is 4.98 Å². The lowest BCUT2D eigenvalue weighted by Crippen LogP contribution is -2.36. The highest BCUT2D eigenvalue weighted by molar-refractivity contribution is 5.66. The highest BCUT2D eigenvalue weighted by atomic mass is 16.6. The Morgan fingerprint density at radius 2 is 2.09 bits per heavy atom. The summed E-state index contributed by atoms with van der Waals surface area (Å²) in [6.07, 6.45) is -1.05. The number of anilines is 1. The molecule has 1 saturated heterocycles. The van der Waals surface area contributed by atoms with Crippen LogP contribution in [0.15, 0.2) is 11.1 Å². The van der Waals surface area contributed by atoms with E-state index in [1.807, 2.05) is 0 Å². The van der Waals surface area contributed by atoms with Crippen LogP contribution in [0, 0.1) is 5.92 Å². The Kier molecular flexibility index (Phi) is 4.94. The predicted molar refractivity (Wildman–Crippen MR) is 76.0 cm³/mol. The Hall–Kier alpha value is -2.49. The zero-order chi connectivity index (χ0) is 17.1. The molecule has 10 heteroatoms. The van der Waals surface area contributed by atoms with Crippen molar-refractivity contribution >= 4 is 17.9 Å². The summed E-state index contributed by atoms with van der Waals surface area (Å²) in [6.45, 7) is 4.28. The zero-order valence-corrected chi connectivity index (χ0v) is 13.0. The number of aromatic nitrogens is 3. The van der Waals surface area contributed by atoms with Gasteiger partial charge in [0.05, 0.1) is 0 Å². The number of hydrogen-bond donors (Lipinski definition) is 1. The number of rotatable bonds is 4. The van der Waals surface area contributed by atoms with Gasteiger partial charge in [0.2, 0.25) is 5.95 Å². The van der Waals surface area contributed by atoms with Gasteiger partial charge in [-0.15, -0.1) is 0 Å². The van der Waals surface area contributed by atoms with Crippen LogP contribution < -0.4 is 11.4 Å². The van der Waals surface area contributed by atoms with E-state index in [0.29, 0.717) is 0 Å². The summed E-state index contributed by atoms with van der Waals surface area (Å²) in [5, 5.41) is 0. The molecule has 0 bridgehead atoms. The second-order valence-electron chi connectivity index (χ2n) is 5.21. The van der Waals surface area contributed by atoms with Crippen molar-refractivity contribution in [1.82, 2.24) is 14.5 Å². The van der Waals surface area contributed by atoms with Crippen LogP contribution >= 0.6 is 0 Å². The first-order valence-corrected chi connectivity index (χ1v) is 6.96. The molecule has 0 radical (unpaired) electrons. The molecule has 4 atom stereocenters. The molecule has 0 spiro atoms. The van der Waals surface area contributed by atoms with Gasteiger partial charge in [0, 0.05) is 19.8 Å². The minimum absolute atomic E-state index is 0.0185. The molecule has 2 heterocycles. The zero-order valence-electron chi connectivity index (χ0n) is 13.0. The second-order valence-corrected chi connectivity index (χ2v) is 5.21. The van der Waals surface area contributed by atoms with Crippen LogP contribution in [0.3, 0.4) is 0 Å². The van der Waals surface area contributed by atoms with E-state index < -0.39 is 36.1 Å². The fraction of sp³-hybridized carbons (Fsp3) is 0.615. The van der Waals surface area contributed by atoms with Crippen LogP contribution in [0.5, 0.6) is 0 Å². The predicted octanol–water partition coefficient (Wildman–Crippen LogP) is -0.751. The number of carbonyl (C=O) groups is 2. The first-order chi connectivity index (χ1) is 10.8. The van der Waals surface area contributed by atoms with Gasteiger partial charge in [0.1, 0.15) is 19.0 Å². The molecule has 1 aromatic heterocycles. The van der Waals surface area contributed by atoms with Crippen molar-refractivity contribution in [3.05, 3.63) is 16.8 Å². The van der Waals surface area contributed by atoms with E-state index in [4.69, 9.17) is 19.9 Å². The van der Waals surface area contributed by atoms with Gasteiger partial charge in [-0.1, -0.05) is 6.92 Å². The lowest BCUT2D eigenvalue weighted by Gasteiger charge is -2.21. The Morgan fingerprint density at radius 3 is 2.65 bits per heavy atom. The molecule has 0 saturated carbocycles. The van der Waals surface area contributed by atoms with Gasteiger partial charge in [0.15, 0.2) is 12.3 Å². The number of ether oxygens (including phenoxy) is 3. The quantitative estimate of drug-likeness (QED) is 0.708. The molecule has 0 aliphatic carbocycles. The summed E-state index contributed by atoms with van der Waals surface area (Å²) in [5.74, 6) is -1.46. The Labute approximate surface area is 131 Å². The van der Waals surface area contributed by atoms with Crippen LogP contribution in [-0.4, -0.2) is 45.3 Å². The van der Waals surface area contributed by atoms with Crippen molar-refractivity contribution < 1.29 is 23.8 Å². The molecule has 0 aromatic carbocycles. The maximum absolute atomic E-state index is 12.0. The summed E-state index contributed by atoms with van der Waals surface area (Å²) in [6, 6.07) is 0. The molecule has 23 heavy (non-hydrogen) atoms. The third kappa shape index (κ3) is 3.83. The van der Waals surface area contributed by atoms with E-state index in [9.17, 15) is 14.4 Å². The summed E-state index contributed by atoms with van der Waals surface area (Å²) in [7, 11) is 0. The maximum atomic E-state index is 12.0. The Bertz CT molecular complexity index is 660. The Morgan fingerprint density at radius 1 is 1.39 bits per heavy atom. The first kappa shape index (κ1) is 16.9. The fourth-order valence-corrected chi connectivity index (χ4v) is 2.35. The van der Waals surface area contributed by atoms with Crippen LogP contribution in [0.4, 0.5) is 5.95 Å². The lowest BCUT2D eigenvalue weighted by atomic mass is 10.0. The smallest absolute Gasteiger partial charge is 0.354 e. The van der Waals surface area contributed by atoms with Gasteiger partial charge in [0.25, 0.3) is 0 Å². The highest BCUT2D eigenvalue weighted by Crippen LogP contribution is 2.35. The average Bonchev–Trinajstić information content (AvgIpc) is 2.73. The number of carbonyl (C=O) groups excluding carboxylic acids is 2. The van der Waals surface area contributed by atoms with E-state index in [2.05, 4.69) is 9.97 Å². The molecule has 126 valence electrons. The number of nitrogens with zero attached hydrogens (tertiary/aromatic N) is 3. The number of hydrogen-bond acceptors (Lipinski definition) is 9. The van der Waals surface area contributed by atoms with Crippen LogP contribution in [0.1, 0.15) is 27.0 Å². The van der Waals surface area contributed by atoms with Crippen molar-refractivity contribution in [2.45, 2.75) is 39.2 Å². The normalized spacial score (nSPS) is 26.7. The van der Waals surface area contributed by atoms with Crippen molar-refractivity contribution in [3.63, 3.8) is 0 Å². The third-order valence-electron chi connectivity index (χ3n) is 3.47. The monoisotopic (exact) mass is 326 g/mol. The highest BCUT2D eigenvalue weighted by Gasteiger charge is 2.46. The average molecular weight is 326 g/mol. The van der Waals surface area contributed by atoms with Gasteiger partial charge in [-0.05, 0) is 0 Å². The summed E-state index contributed by atoms with van der Waals surface area (Å²) in [4.78, 5) is 41.5. The molecule has 10 nitrogen and oxygen atoms in total. The van der Waals surface area contributed by atoms with Crippen LogP contribution in [-0.2, 0) is 23.8 Å². The second kappa shape index (κ2) is 6.73. The topological polar surface area (TPSA) is 136 Å². The van der Waals surface area contributed by atoms with Gasteiger partial charge < -0.3 is 19.9 Å². The largest absolute Gasteiger partial charge is 0.463 e. The van der Waals surface area contributed by atoms with Gasteiger partial charge in [-0.25, -0.2) is 9.78 Å². The fourth-order valence-electron chi connectivity index (χ4n) is 2.35. The molecule has 1 aromatic rings. The van der Waals surface area contributed by atoms with Crippen LogP contribution in [0.2, 0.25) is 0 Å². The molecular weight excluding hydrogens is 308 g/mol. The minimum atomic E-state index is -0.928. The third-order valence-corrected chi connectivity index (χ3v) is 3.47. The van der Waals surface area contributed by atoms with E-state index in [0.717, 1.165) is 4.57 Å². The molecule has 1 fully saturated rings. The van der Waals surface area contributed by atoms with Gasteiger partial charge >= 0.3 is 17.6 Å². The van der Waals surface area contributed by atoms with Crippen molar-refractivity contribution in [2.24, 2.45) is 5.92 Å². The minimum Gasteiger partial charge on any atom is -0.463 e. The number of nitrogens with two attached hydrogens (primary N) is 1. The molecule has 2 N–H and O–H groups in total. The van der Waals surface area contributed by atoms with Crippen molar-refractivity contribution in [1.29, 1.82) is 0 Å². The lowest BCUT2D eigenvalue weighted by molar-refractivity contribution is -0.154. The molecule has 1 aliphatic heterocycles. The first-order valence-electron chi connectivity index (χ1n) is 6.96. The SMILES string of the molecule is CC(=O)OC[C@H]1O[C@@H](n2cnc(N)nc2=O)[C@H](OC(C)=O)[C@@H]1C. The molecule has 0 amide bonds. The van der Waals surface area contributed by atoms with Gasteiger partial charge in [-0.3, -0.25) is 14.2 Å². The standard InChI is InChI=1S/C13H18N4O6/c1-6-9(4-21-7(2)18)23-11(10(6)22-8(3)19)17-5-15-12(14)16-13(17)20/h5-6,9-11H,4H2,1-3H3,(H2,14,16,20)/t6-,9-,10-,11-/m1/s1. The molecular formula is C13H18N4O6. The van der Waals surface area contributed by atoms with E-state index in [1.54, 1.807) is 6.92 Å². The maximum Gasteiger partial charge on any atom is 0.354 e. The molecule has 0 unspecified atom stereocenters. The summed E-state index contributed by atoms with van der Waals surface area (Å²) < 4.78 is 17.0. The summed E-state index contributed by atoms with van der Waals surface area (Å²) >= 11 is 0. The number of nitrogen functional groups attached to an aromatic ring is 1. The van der Waals surface area contributed by atoms with Crippen molar-refractivity contribution in [2.75, 3.05) is 12.3 Å². The van der Waals surface area contributed by atoms with E-state index >= 15 is 0 Å². The van der Waals surface area contributed by atoms with Crippen LogP contribution in [0.25, 0.3) is 0 Å².